The molecule has 2 aromatic rings. The molecule has 0 heterocycles. The second kappa shape index (κ2) is 5.21. The molecule has 3 nitrogen and oxygen atoms in total. The Balaban J connectivity index is 2.54. The highest BCUT2D eigenvalue weighted by Gasteiger charge is 2.12. The minimum Gasteiger partial charge on any atom is -0.398 e. The summed E-state index contributed by atoms with van der Waals surface area (Å²) in [6, 6.07) is 13.3. The van der Waals surface area contributed by atoms with Gasteiger partial charge in [0.15, 0.2) is 0 Å². The SMILES string of the molecule is Cc1cc(N)c(Cl)cc1N(C)c1ccccc1C#N. The van der Waals surface area contributed by atoms with Gasteiger partial charge in [-0.3, -0.25) is 0 Å². The van der Waals surface area contributed by atoms with Gasteiger partial charge in [-0.25, -0.2) is 0 Å². The van der Waals surface area contributed by atoms with Crippen LogP contribution in [-0.4, -0.2) is 7.05 Å². The molecule has 0 saturated carbocycles. The lowest BCUT2D eigenvalue weighted by Crippen LogP contribution is -2.12. The number of nitrogens with zero attached hydrogens (tertiary/aromatic N) is 2. The van der Waals surface area contributed by atoms with Gasteiger partial charge in [0.25, 0.3) is 0 Å². The van der Waals surface area contributed by atoms with E-state index in [1.165, 1.54) is 0 Å². The molecule has 19 heavy (non-hydrogen) atoms. The quantitative estimate of drug-likeness (QED) is 0.844. The summed E-state index contributed by atoms with van der Waals surface area (Å²) in [5, 5.41) is 9.68. The Morgan fingerprint density at radius 3 is 2.58 bits per heavy atom. The minimum atomic E-state index is 0.516. The van der Waals surface area contributed by atoms with E-state index in [0.29, 0.717) is 16.3 Å². The third kappa shape index (κ3) is 2.49. The van der Waals surface area contributed by atoms with E-state index in [0.717, 1.165) is 16.9 Å². The van der Waals surface area contributed by atoms with Gasteiger partial charge in [-0.05, 0) is 36.8 Å². The molecule has 0 fully saturated rings. The number of hydrogen-bond acceptors (Lipinski definition) is 3. The Labute approximate surface area is 117 Å². The molecule has 0 unspecified atom stereocenters. The van der Waals surface area contributed by atoms with Crippen LogP contribution in [0.5, 0.6) is 0 Å². The van der Waals surface area contributed by atoms with Crippen molar-refractivity contribution in [1.82, 2.24) is 0 Å². The molecule has 2 aromatic carbocycles. The number of nitriles is 1. The Hall–Kier alpha value is -2.18. The fourth-order valence-electron chi connectivity index (χ4n) is 2.05. The molecule has 2 rings (SSSR count). The van der Waals surface area contributed by atoms with Gasteiger partial charge in [0.2, 0.25) is 0 Å². The molecule has 0 amide bonds. The summed E-state index contributed by atoms with van der Waals surface area (Å²) in [5.74, 6) is 0. The van der Waals surface area contributed by atoms with Gasteiger partial charge >= 0.3 is 0 Å². The second-order valence-corrected chi connectivity index (χ2v) is 4.76. The first-order valence-electron chi connectivity index (χ1n) is 5.83. The van der Waals surface area contributed by atoms with Crippen LogP contribution in [0.15, 0.2) is 36.4 Å². The van der Waals surface area contributed by atoms with Gasteiger partial charge < -0.3 is 10.6 Å². The molecule has 0 radical (unpaired) electrons. The predicted octanol–water partition coefficient (Wildman–Crippen LogP) is 3.87. The van der Waals surface area contributed by atoms with Crippen LogP contribution in [-0.2, 0) is 0 Å². The molecule has 0 spiro atoms. The summed E-state index contributed by atoms with van der Waals surface area (Å²) in [5.41, 5.74) is 9.75. The fraction of sp³-hybridized carbons (Fsp3) is 0.133. The maximum Gasteiger partial charge on any atom is 0.101 e. The first-order chi connectivity index (χ1) is 9.04. The molecule has 0 aliphatic rings. The number of nitrogens with two attached hydrogens (primary N) is 1. The molecule has 0 aliphatic carbocycles. The molecule has 0 bridgehead atoms. The van der Waals surface area contributed by atoms with Gasteiger partial charge in [-0.1, -0.05) is 23.7 Å². The zero-order chi connectivity index (χ0) is 14.0. The summed E-state index contributed by atoms with van der Waals surface area (Å²) in [7, 11) is 1.91. The van der Waals surface area contributed by atoms with Crippen LogP contribution < -0.4 is 10.6 Å². The summed E-state index contributed by atoms with van der Waals surface area (Å²) in [4.78, 5) is 1.94. The average molecular weight is 272 g/mol. The van der Waals surface area contributed by atoms with E-state index >= 15 is 0 Å². The molecule has 0 aromatic heterocycles. The number of anilines is 3. The lowest BCUT2D eigenvalue weighted by molar-refractivity contribution is 1.18. The normalized spacial score (nSPS) is 10.0. The van der Waals surface area contributed by atoms with Crippen molar-refractivity contribution in [1.29, 1.82) is 5.26 Å². The molecular weight excluding hydrogens is 258 g/mol. The van der Waals surface area contributed by atoms with E-state index in [2.05, 4.69) is 6.07 Å². The van der Waals surface area contributed by atoms with E-state index in [-0.39, 0.29) is 0 Å². The lowest BCUT2D eigenvalue weighted by atomic mass is 10.1. The zero-order valence-electron chi connectivity index (χ0n) is 10.8. The monoisotopic (exact) mass is 271 g/mol. The van der Waals surface area contributed by atoms with E-state index < -0.39 is 0 Å². The first-order valence-corrected chi connectivity index (χ1v) is 6.21. The molecule has 4 heteroatoms. The van der Waals surface area contributed by atoms with Crippen LogP contribution in [0, 0.1) is 18.3 Å². The number of rotatable bonds is 2. The standard InChI is InChI=1S/C15H14ClN3/c1-10-7-13(18)12(16)8-15(10)19(2)14-6-4-3-5-11(14)9-17/h3-8H,18H2,1-2H3. The van der Waals surface area contributed by atoms with Crippen molar-refractivity contribution < 1.29 is 0 Å². The third-order valence-electron chi connectivity index (χ3n) is 3.06. The summed E-state index contributed by atoms with van der Waals surface area (Å²) >= 11 is 6.07. The molecule has 0 aliphatic heterocycles. The third-order valence-corrected chi connectivity index (χ3v) is 3.39. The van der Waals surface area contributed by atoms with Crippen molar-refractivity contribution >= 4 is 28.7 Å². The molecular formula is C15H14ClN3. The van der Waals surface area contributed by atoms with Crippen molar-refractivity contribution in [3.05, 3.63) is 52.5 Å². The molecule has 0 atom stereocenters. The van der Waals surface area contributed by atoms with Crippen LogP contribution in [0.2, 0.25) is 5.02 Å². The van der Waals surface area contributed by atoms with Gasteiger partial charge in [0.05, 0.1) is 22.0 Å². The second-order valence-electron chi connectivity index (χ2n) is 4.35. The van der Waals surface area contributed by atoms with Crippen molar-refractivity contribution in [2.24, 2.45) is 0 Å². The number of benzene rings is 2. The van der Waals surface area contributed by atoms with Crippen molar-refractivity contribution in [3.63, 3.8) is 0 Å². The van der Waals surface area contributed by atoms with Gasteiger partial charge in [0.1, 0.15) is 6.07 Å². The number of halogens is 1. The van der Waals surface area contributed by atoms with E-state index in [9.17, 15) is 0 Å². The Morgan fingerprint density at radius 1 is 1.21 bits per heavy atom. The molecule has 2 N–H and O–H groups in total. The van der Waals surface area contributed by atoms with Crippen molar-refractivity contribution in [2.45, 2.75) is 6.92 Å². The van der Waals surface area contributed by atoms with Crippen LogP contribution in [0.3, 0.4) is 0 Å². The highest BCUT2D eigenvalue weighted by Crippen LogP contribution is 2.33. The zero-order valence-corrected chi connectivity index (χ0v) is 11.6. The maximum absolute atomic E-state index is 9.16. The average Bonchev–Trinajstić information content (AvgIpc) is 2.42. The van der Waals surface area contributed by atoms with Crippen molar-refractivity contribution in [3.8, 4) is 6.07 Å². The fourth-order valence-corrected chi connectivity index (χ4v) is 2.20. The minimum absolute atomic E-state index is 0.516. The van der Waals surface area contributed by atoms with Crippen LogP contribution in [0.4, 0.5) is 17.1 Å². The topological polar surface area (TPSA) is 53.0 Å². The highest BCUT2D eigenvalue weighted by molar-refractivity contribution is 6.33. The Morgan fingerprint density at radius 2 is 1.89 bits per heavy atom. The number of para-hydroxylation sites is 1. The van der Waals surface area contributed by atoms with Crippen LogP contribution >= 0.6 is 11.6 Å². The molecule has 96 valence electrons. The maximum atomic E-state index is 9.16. The largest absolute Gasteiger partial charge is 0.398 e. The number of aryl methyl sites for hydroxylation is 1. The van der Waals surface area contributed by atoms with Gasteiger partial charge in [-0.2, -0.15) is 5.26 Å². The predicted molar refractivity (Wildman–Crippen MR) is 79.8 cm³/mol. The van der Waals surface area contributed by atoms with E-state index in [1.807, 2.05) is 49.2 Å². The van der Waals surface area contributed by atoms with E-state index in [4.69, 9.17) is 22.6 Å². The Bertz CT molecular complexity index is 659. The Kier molecular flexibility index (Phi) is 3.64. The molecule has 0 saturated heterocycles. The van der Waals surface area contributed by atoms with E-state index in [1.54, 1.807) is 6.07 Å². The summed E-state index contributed by atoms with van der Waals surface area (Å²) < 4.78 is 0. The lowest BCUT2D eigenvalue weighted by Gasteiger charge is -2.23. The summed E-state index contributed by atoms with van der Waals surface area (Å²) in [6.07, 6.45) is 0. The van der Waals surface area contributed by atoms with Crippen LogP contribution in [0.1, 0.15) is 11.1 Å². The van der Waals surface area contributed by atoms with Gasteiger partial charge in [-0.15, -0.1) is 0 Å². The highest BCUT2D eigenvalue weighted by atomic mass is 35.5. The number of nitrogen functional groups attached to an aromatic ring is 1. The van der Waals surface area contributed by atoms with Crippen molar-refractivity contribution in [2.75, 3.05) is 17.7 Å². The van der Waals surface area contributed by atoms with Gasteiger partial charge in [0, 0.05) is 12.7 Å². The van der Waals surface area contributed by atoms with Crippen LogP contribution in [0.25, 0.3) is 0 Å². The smallest absolute Gasteiger partial charge is 0.101 e. The number of hydrogen-bond donors (Lipinski definition) is 1. The first kappa shape index (κ1) is 13.3. The summed E-state index contributed by atoms with van der Waals surface area (Å²) in [6.45, 7) is 1.97.